The van der Waals surface area contributed by atoms with Gasteiger partial charge in [-0.3, -0.25) is 14.9 Å². The fourth-order valence-corrected chi connectivity index (χ4v) is 3.63. The van der Waals surface area contributed by atoms with E-state index in [-0.39, 0.29) is 5.69 Å². The van der Waals surface area contributed by atoms with Crippen molar-refractivity contribution in [1.82, 2.24) is 5.43 Å². The van der Waals surface area contributed by atoms with Crippen molar-refractivity contribution in [3.63, 3.8) is 0 Å². The highest BCUT2D eigenvalue weighted by molar-refractivity contribution is 7.20. The second kappa shape index (κ2) is 8.57. The summed E-state index contributed by atoms with van der Waals surface area (Å²) in [6, 6.07) is 9.46. The van der Waals surface area contributed by atoms with E-state index in [2.05, 4.69) is 10.5 Å². The predicted molar refractivity (Wildman–Crippen MR) is 110 cm³/mol. The van der Waals surface area contributed by atoms with Crippen LogP contribution in [0.3, 0.4) is 0 Å². The van der Waals surface area contributed by atoms with Gasteiger partial charge >= 0.3 is 0 Å². The van der Waals surface area contributed by atoms with Gasteiger partial charge in [-0.25, -0.2) is 5.43 Å². The van der Waals surface area contributed by atoms with Gasteiger partial charge in [0.25, 0.3) is 11.6 Å². The van der Waals surface area contributed by atoms with Gasteiger partial charge in [-0.2, -0.15) is 5.10 Å². The first-order valence-corrected chi connectivity index (χ1v) is 9.10. The molecule has 150 valence electrons. The maximum absolute atomic E-state index is 12.4. The number of hydrazone groups is 1. The smallest absolute Gasteiger partial charge is 0.281 e. The zero-order chi connectivity index (χ0) is 21.0. The standard InChI is InChI=1S/C19H17N3O6S/c1-26-14-6-4-11(17(27-2)18(14)28-3)10-20-21-19(23)16-9-12-8-13(22(24)25)5-7-15(12)29-16/h4-10H,1-3H3,(H,21,23). The molecule has 0 radical (unpaired) electrons. The summed E-state index contributed by atoms with van der Waals surface area (Å²) >= 11 is 1.22. The molecule has 1 amide bonds. The molecule has 29 heavy (non-hydrogen) atoms. The average molecular weight is 415 g/mol. The van der Waals surface area contributed by atoms with Crippen molar-refractivity contribution >= 4 is 39.2 Å². The number of methoxy groups -OCH3 is 3. The van der Waals surface area contributed by atoms with Crippen molar-refractivity contribution in [2.45, 2.75) is 0 Å². The lowest BCUT2D eigenvalue weighted by Crippen LogP contribution is -2.16. The fourth-order valence-electron chi connectivity index (χ4n) is 2.70. The van der Waals surface area contributed by atoms with E-state index in [1.807, 2.05) is 0 Å². The zero-order valence-electron chi connectivity index (χ0n) is 15.8. The van der Waals surface area contributed by atoms with Crippen LogP contribution in [0.1, 0.15) is 15.2 Å². The third-order valence-electron chi connectivity index (χ3n) is 4.04. The summed E-state index contributed by atoms with van der Waals surface area (Å²) in [5, 5.41) is 15.5. The molecule has 0 bridgehead atoms. The highest BCUT2D eigenvalue weighted by atomic mass is 32.1. The van der Waals surface area contributed by atoms with E-state index in [1.165, 1.54) is 51.0 Å². The van der Waals surface area contributed by atoms with Crippen LogP contribution in [0, 0.1) is 10.1 Å². The molecule has 3 aromatic rings. The van der Waals surface area contributed by atoms with E-state index in [0.29, 0.717) is 33.1 Å². The number of nitrogens with one attached hydrogen (secondary N) is 1. The Morgan fingerprint density at radius 3 is 2.52 bits per heavy atom. The molecular formula is C19H17N3O6S. The van der Waals surface area contributed by atoms with Crippen LogP contribution in [0.25, 0.3) is 10.1 Å². The highest BCUT2D eigenvalue weighted by Gasteiger charge is 2.15. The van der Waals surface area contributed by atoms with Crippen LogP contribution in [-0.4, -0.2) is 38.4 Å². The van der Waals surface area contributed by atoms with Crippen LogP contribution >= 0.6 is 11.3 Å². The Bertz CT molecular complexity index is 1110. The molecule has 1 N–H and O–H groups in total. The van der Waals surface area contributed by atoms with Crippen molar-refractivity contribution in [3.05, 3.63) is 57.0 Å². The molecular weight excluding hydrogens is 398 g/mol. The predicted octanol–water partition coefficient (Wildman–Crippen LogP) is 3.60. The number of fused-ring (bicyclic) bond motifs is 1. The molecule has 0 atom stereocenters. The van der Waals surface area contributed by atoms with E-state index in [1.54, 1.807) is 24.3 Å². The van der Waals surface area contributed by atoms with Gasteiger partial charge in [0, 0.05) is 27.8 Å². The molecule has 0 aliphatic carbocycles. The highest BCUT2D eigenvalue weighted by Crippen LogP contribution is 2.39. The lowest BCUT2D eigenvalue weighted by Gasteiger charge is -2.13. The van der Waals surface area contributed by atoms with E-state index in [4.69, 9.17) is 14.2 Å². The SMILES string of the molecule is COc1ccc(C=NNC(=O)c2cc3cc([N+](=O)[O-])ccc3s2)c(OC)c1OC. The number of rotatable bonds is 7. The minimum atomic E-state index is -0.475. The van der Waals surface area contributed by atoms with Crippen LogP contribution in [0.15, 0.2) is 41.5 Å². The number of nitro benzene ring substituents is 1. The maximum atomic E-state index is 12.4. The monoisotopic (exact) mass is 415 g/mol. The number of ether oxygens (including phenoxy) is 3. The Labute approximate surface area is 169 Å². The molecule has 0 saturated carbocycles. The van der Waals surface area contributed by atoms with E-state index >= 15 is 0 Å². The van der Waals surface area contributed by atoms with Crippen molar-refractivity contribution in [3.8, 4) is 17.2 Å². The Morgan fingerprint density at radius 2 is 1.86 bits per heavy atom. The Kier molecular flexibility index (Phi) is 5.93. The molecule has 3 rings (SSSR count). The molecule has 0 aliphatic heterocycles. The van der Waals surface area contributed by atoms with E-state index < -0.39 is 10.8 Å². The normalized spacial score (nSPS) is 10.9. The van der Waals surface area contributed by atoms with Gasteiger partial charge in [-0.15, -0.1) is 11.3 Å². The summed E-state index contributed by atoms with van der Waals surface area (Å²) < 4.78 is 16.7. The molecule has 0 fully saturated rings. The largest absolute Gasteiger partial charge is 0.493 e. The number of carbonyl (C=O) groups excluding carboxylic acids is 1. The third-order valence-corrected chi connectivity index (χ3v) is 5.15. The van der Waals surface area contributed by atoms with Crippen LogP contribution < -0.4 is 19.6 Å². The lowest BCUT2D eigenvalue weighted by atomic mass is 10.2. The van der Waals surface area contributed by atoms with Gasteiger partial charge in [0.15, 0.2) is 11.5 Å². The molecule has 10 heteroatoms. The van der Waals surface area contributed by atoms with Gasteiger partial charge in [0.1, 0.15) is 0 Å². The summed E-state index contributed by atoms with van der Waals surface area (Å²) in [7, 11) is 4.50. The van der Waals surface area contributed by atoms with Crippen LogP contribution in [0.4, 0.5) is 5.69 Å². The van der Waals surface area contributed by atoms with Crippen molar-refractivity contribution in [2.24, 2.45) is 5.10 Å². The Hall–Kier alpha value is -3.66. The van der Waals surface area contributed by atoms with Crippen molar-refractivity contribution in [2.75, 3.05) is 21.3 Å². The third kappa shape index (κ3) is 4.11. The number of hydrogen-bond acceptors (Lipinski definition) is 8. The van der Waals surface area contributed by atoms with E-state index in [9.17, 15) is 14.9 Å². The molecule has 0 aliphatic rings. The van der Waals surface area contributed by atoms with Crippen LogP contribution in [0.5, 0.6) is 17.2 Å². The second-order valence-corrected chi connectivity index (χ2v) is 6.80. The zero-order valence-corrected chi connectivity index (χ0v) is 16.6. The minimum absolute atomic E-state index is 0.0270. The summed E-state index contributed by atoms with van der Waals surface area (Å²) in [4.78, 5) is 23.2. The quantitative estimate of drug-likeness (QED) is 0.358. The first kappa shape index (κ1) is 20.1. The molecule has 9 nitrogen and oxygen atoms in total. The molecule has 1 heterocycles. The number of nitro groups is 1. The summed E-state index contributed by atoms with van der Waals surface area (Å²) in [5.41, 5.74) is 3.00. The second-order valence-electron chi connectivity index (χ2n) is 5.71. The van der Waals surface area contributed by atoms with Gasteiger partial charge in [-0.05, 0) is 24.3 Å². The van der Waals surface area contributed by atoms with Crippen molar-refractivity contribution in [1.29, 1.82) is 0 Å². The number of benzene rings is 2. The molecule has 0 saturated heterocycles. The van der Waals surface area contributed by atoms with Crippen molar-refractivity contribution < 1.29 is 23.9 Å². The number of non-ortho nitro benzene ring substituents is 1. The van der Waals surface area contributed by atoms with Crippen LogP contribution in [-0.2, 0) is 0 Å². The summed E-state index contributed by atoms with van der Waals surface area (Å²) in [6.45, 7) is 0. The fraction of sp³-hybridized carbons (Fsp3) is 0.158. The maximum Gasteiger partial charge on any atom is 0.281 e. The average Bonchev–Trinajstić information content (AvgIpc) is 3.16. The van der Waals surface area contributed by atoms with Gasteiger partial charge in [-0.1, -0.05) is 0 Å². The number of thiophene rings is 1. The summed E-state index contributed by atoms with van der Waals surface area (Å²) in [5.74, 6) is 0.907. The molecule has 2 aromatic carbocycles. The number of hydrogen-bond donors (Lipinski definition) is 1. The minimum Gasteiger partial charge on any atom is -0.493 e. The number of amides is 1. The van der Waals surface area contributed by atoms with Gasteiger partial charge < -0.3 is 14.2 Å². The number of nitrogens with zero attached hydrogens (tertiary/aromatic N) is 2. The lowest BCUT2D eigenvalue weighted by molar-refractivity contribution is -0.384. The number of carbonyl (C=O) groups is 1. The van der Waals surface area contributed by atoms with E-state index in [0.717, 1.165) is 4.70 Å². The molecule has 0 spiro atoms. The van der Waals surface area contributed by atoms with Crippen LogP contribution in [0.2, 0.25) is 0 Å². The Morgan fingerprint density at radius 1 is 1.10 bits per heavy atom. The van der Waals surface area contributed by atoms with Gasteiger partial charge in [0.05, 0.1) is 37.3 Å². The summed E-state index contributed by atoms with van der Waals surface area (Å²) in [6.07, 6.45) is 1.43. The Balaban J connectivity index is 1.79. The molecule has 0 unspecified atom stereocenters. The molecule has 1 aromatic heterocycles. The topological polar surface area (TPSA) is 112 Å². The van der Waals surface area contributed by atoms with Gasteiger partial charge in [0.2, 0.25) is 5.75 Å². The first-order valence-electron chi connectivity index (χ1n) is 8.28. The first-order chi connectivity index (χ1) is 14.0.